The standard InChI is InChI=1S/C23H19FN6O/c1-31-18-8-6-17(7-9-18)28-23-26-13-12-21(29-23)19-14-27-30-22(19)11-10-20(25)15-2-4-16(24)5-3-15/h2-14,25H,1H3,(H,27,30)(H,26,28,29)/b11-10-,25-20?. The van der Waals surface area contributed by atoms with Gasteiger partial charge >= 0.3 is 0 Å². The Labute approximate surface area is 178 Å². The number of aromatic nitrogens is 4. The largest absolute Gasteiger partial charge is 0.497 e. The third-order valence-electron chi connectivity index (χ3n) is 4.52. The molecule has 4 rings (SSSR count). The van der Waals surface area contributed by atoms with Crippen LogP contribution in [-0.4, -0.2) is 33.0 Å². The first kappa shape index (κ1) is 20.0. The fourth-order valence-electron chi connectivity index (χ4n) is 2.89. The zero-order chi connectivity index (χ0) is 21.6. The van der Waals surface area contributed by atoms with E-state index in [2.05, 4.69) is 25.5 Å². The van der Waals surface area contributed by atoms with E-state index in [9.17, 15) is 4.39 Å². The fourth-order valence-corrected chi connectivity index (χ4v) is 2.89. The van der Waals surface area contributed by atoms with Crippen LogP contribution in [0.15, 0.2) is 73.1 Å². The first-order chi connectivity index (χ1) is 15.1. The summed E-state index contributed by atoms with van der Waals surface area (Å²) in [5.74, 6) is 0.873. The van der Waals surface area contributed by atoms with Gasteiger partial charge in [-0.2, -0.15) is 5.10 Å². The predicted octanol–water partition coefficient (Wildman–Crippen LogP) is 4.84. The Kier molecular flexibility index (Phi) is 5.79. The van der Waals surface area contributed by atoms with E-state index in [1.54, 1.807) is 49.9 Å². The van der Waals surface area contributed by atoms with Crippen molar-refractivity contribution < 1.29 is 9.13 Å². The predicted molar refractivity (Wildman–Crippen MR) is 118 cm³/mol. The van der Waals surface area contributed by atoms with E-state index >= 15 is 0 Å². The highest BCUT2D eigenvalue weighted by molar-refractivity contribution is 6.08. The van der Waals surface area contributed by atoms with E-state index < -0.39 is 0 Å². The van der Waals surface area contributed by atoms with Crippen LogP contribution in [0.3, 0.4) is 0 Å². The van der Waals surface area contributed by atoms with Crippen molar-refractivity contribution in [2.75, 3.05) is 12.4 Å². The summed E-state index contributed by atoms with van der Waals surface area (Å²) in [7, 11) is 1.62. The molecule has 2 heterocycles. The number of rotatable bonds is 7. The summed E-state index contributed by atoms with van der Waals surface area (Å²) >= 11 is 0. The molecule has 31 heavy (non-hydrogen) atoms. The van der Waals surface area contributed by atoms with Gasteiger partial charge in [0.25, 0.3) is 0 Å². The number of hydrogen-bond acceptors (Lipinski definition) is 6. The summed E-state index contributed by atoms with van der Waals surface area (Å²) in [5.41, 5.74) is 3.84. The average molecular weight is 414 g/mol. The van der Waals surface area contributed by atoms with Crippen LogP contribution in [0.4, 0.5) is 16.0 Å². The van der Waals surface area contributed by atoms with Crippen molar-refractivity contribution in [2.24, 2.45) is 0 Å². The van der Waals surface area contributed by atoms with Crippen LogP contribution in [0, 0.1) is 11.2 Å². The minimum atomic E-state index is -0.334. The molecule has 0 fully saturated rings. The molecular formula is C23H19FN6O. The second kappa shape index (κ2) is 9.00. The maximum Gasteiger partial charge on any atom is 0.227 e. The number of methoxy groups -OCH3 is 1. The Balaban J connectivity index is 1.53. The SMILES string of the molecule is COc1ccc(Nc2nccc(-c3cn[nH]c3/C=C\C(=N)c3ccc(F)cc3)n2)cc1. The summed E-state index contributed by atoms with van der Waals surface area (Å²) in [4.78, 5) is 8.84. The van der Waals surface area contributed by atoms with Crippen LogP contribution in [0.1, 0.15) is 11.3 Å². The Morgan fingerprint density at radius 3 is 2.61 bits per heavy atom. The van der Waals surface area contributed by atoms with Crippen LogP contribution in [0.2, 0.25) is 0 Å². The zero-order valence-electron chi connectivity index (χ0n) is 16.6. The quantitative estimate of drug-likeness (QED) is 0.376. The topological polar surface area (TPSA) is 99.6 Å². The molecule has 0 saturated carbocycles. The molecule has 154 valence electrons. The molecule has 0 radical (unpaired) electrons. The number of benzene rings is 2. The van der Waals surface area contributed by atoms with E-state index in [4.69, 9.17) is 10.1 Å². The average Bonchev–Trinajstić information content (AvgIpc) is 3.27. The number of H-pyrrole nitrogens is 1. The smallest absolute Gasteiger partial charge is 0.227 e. The lowest BCUT2D eigenvalue weighted by Crippen LogP contribution is -1.98. The van der Waals surface area contributed by atoms with Gasteiger partial charge in [-0.25, -0.2) is 14.4 Å². The molecule has 0 aliphatic carbocycles. The summed E-state index contributed by atoms with van der Waals surface area (Å²) < 4.78 is 18.2. The van der Waals surface area contributed by atoms with E-state index in [-0.39, 0.29) is 11.5 Å². The summed E-state index contributed by atoms with van der Waals surface area (Å²) in [6.45, 7) is 0. The highest BCUT2D eigenvalue weighted by Crippen LogP contribution is 2.23. The number of hydrogen-bond donors (Lipinski definition) is 3. The molecule has 0 aliphatic rings. The number of nitrogens with zero attached hydrogens (tertiary/aromatic N) is 3. The molecule has 0 amide bonds. The fraction of sp³-hybridized carbons (Fsp3) is 0.0435. The monoisotopic (exact) mass is 414 g/mol. The van der Waals surface area contributed by atoms with Crippen LogP contribution in [0.25, 0.3) is 17.3 Å². The van der Waals surface area contributed by atoms with Gasteiger partial charge < -0.3 is 15.5 Å². The van der Waals surface area contributed by atoms with Crippen LogP contribution >= 0.6 is 0 Å². The van der Waals surface area contributed by atoms with E-state index in [0.29, 0.717) is 22.9 Å². The number of allylic oxidation sites excluding steroid dienone is 1. The first-order valence-electron chi connectivity index (χ1n) is 9.43. The van der Waals surface area contributed by atoms with Crippen LogP contribution in [-0.2, 0) is 0 Å². The minimum Gasteiger partial charge on any atom is -0.497 e. The molecule has 0 atom stereocenters. The van der Waals surface area contributed by atoms with Gasteiger partial charge in [-0.15, -0.1) is 0 Å². The van der Waals surface area contributed by atoms with E-state index in [1.807, 2.05) is 24.3 Å². The third-order valence-corrected chi connectivity index (χ3v) is 4.52. The van der Waals surface area contributed by atoms with E-state index in [0.717, 1.165) is 17.0 Å². The first-order valence-corrected chi connectivity index (χ1v) is 9.43. The van der Waals surface area contributed by atoms with Gasteiger partial charge in [0.15, 0.2) is 0 Å². The summed E-state index contributed by atoms with van der Waals surface area (Å²) in [5, 5.41) is 18.4. The normalized spacial score (nSPS) is 10.9. The molecule has 0 spiro atoms. The third kappa shape index (κ3) is 4.81. The number of aromatic amines is 1. The molecule has 8 heteroatoms. The molecule has 0 bridgehead atoms. The number of nitrogens with one attached hydrogen (secondary N) is 3. The number of ether oxygens (including phenoxy) is 1. The van der Waals surface area contributed by atoms with Gasteiger partial charge in [0.1, 0.15) is 11.6 Å². The summed E-state index contributed by atoms with van der Waals surface area (Å²) in [6.07, 6.45) is 6.70. The summed E-state index contributed by atoms with van der Waals surface area (Å²) in [6, 6.07) is 15.0. The molecule has 2 aromatic heterocycles. The lowest BCUT2D eigenvalue weighted by Gasteiger charge is -2.07. The molecule has 4 aromatic rings. The molecule has 0 saturated heterocycles. The van der Waals surface area contributed by atoms with Gasteiger partial charge in [-0.3, -0.25) is 5.10 Å². The van der Waals surface area contributed by atoms with Crippen molar-refractivity contribution in [3.63, 3.8) is 0 Å². The lowest BCUT2D eigenvalue weighted by molar-refractivity contribution is 0.415. The Morgan fingerprint density at radius 2 is 1.87 bits per heavy atom. The molecule has 7 nitrogen and oxygen atoms in total. The Hall–Kier alpha value is -4.33. The number of halogens is 1. The second-order valence-electron chi connectivity index (χ2n) is 6.57. The molecule has 0 unspecified atom stereocenters. The van der Waals surface area contributed by atoms with Gasteiger partial charge in [0.2, 0.25) is 5.95 Å². The van der Waals surface area contributed by atoms with Crippen molar-refractivity contribution >= 4 is 23.4 Å². The number of anilines is 2. The highest BCUT2D eigenvalue weighted by Gasteiger charge is 2.09. The maximum atomic E-state index is 13.1. The van der Waals surface area contributed by atoms with Gasteiger partial charge in [-0.05, 0) is 72.3 Å². The van der Waals surface area contributed by atoms with Crippen molar-refractivity contribution in [1.29, 1.82) is 5.41 Å². The molecule has 2 aromatic carbocycles. The van der Waals surface area contributed by atoms with Crippen LogP contribution in [0.5, 0.6) is 5.75 Å². The Morgan fingerprint density at radius 1 is 1.10 bits per heavy atom. The van der Waals surface area contributed by atoms with Crippen molar-refractivity contribution in [3.05, 3.63) is 90.1 Å². The zero-order valence-corrected chi connectivity index (χ0v) is 16.6. The second-order valence-corrected chi connectivity index (χ2v) is 6.57. The molecular weight excluding hydrogens is 395 g/mol. The minimum absolute atomic E-state index is 0.255. The van der Waals surface area contributed by atoms with E-state index in [1.165, 1.54) is 12.1 Å². The van der Waals surface area contributed by atoms with Gasteiger partial charge in [-0.1, -0.05) is 0 Å². The van der Waals surface area contributed by atoms with Crippen LogP contribution < -0.4 is 10.1 Å². The molecule has 3 N–H and O–H groups in total. The molecule has 0 aliphatic heterocycles. The van der Waals surface area contributed by atoms with Gasteiger partial charge in [0, 0.05) is 17.4 Å². The highest BCUT2D eigenvalue weighted by atomic mass is 19.1. The Bertz CT molecular complexity index is 1220. The lowest BCUT2D eigenvalue weighted by atomic mass is 10.1. The van der Waals surface area contributed by atoms with Crippen molar-refractivity contribution in [1.82, 2.24) is 20.2 Å². The van der Waals surface area contributed by atoms with Crippen molar-refractivity contribution in [3.8, 4) is 17.0 Å². The maximum absolute atomic E-state index is 13.1. The van der Waals surface area contributed by atoms with Gasteiger partial charge in [0.05, 0.1) is 30.4 Å². The van der Waals surface area contributed by atoms with Crippen molar-refractivity contribution in [2.45, 2.75) is 0 Å².